The van der Waals surface area contributed by atoms with Gasteiger partial charge in [0, 0.05) is 40.1 Å². The van der Waals surface area contributed by atoms with E-state index < -0.39 is 6.29 Å². The van der Waals surface area contributed by atoms with E-state index in [1.807, 2.05) is 127 Å². The molecule has 3 atom stereocenters. The van der Waals surface area contributed by atoms with Gasteiger partial charge in [-0.1, -0.05) is 127 Å². The molecular weight excluding hydrogens is 621 g/mol. The van der Waals surface area contributed by atoms with Crippen LogP contribution in [-0.2, 0) is 16.1 Å². The highest BCUT2D eigenvalue weighted by molar-refractivity contribution is 7.99. The highest BCUT2D eigenvalue weighted by atomic mass is 32.2. The predicted octanol–water partition coefficient (Wildman–Crippen LogP) is 9.09. The summed E-state index contributed by atoms with van der Waals surface area (Å²) in [5.74, 6) is 1.12. The Kier molecular flexibility index (Phi) is 9.77. The topological polar surface area (TPSA) is 93.8 Å². The molecule has 0 bridgehead atoms. The van der Waals surface area contributed by atoms with Crippen molar-refractivity contribution in [1.82, 2.24) is 4.98 Å². The van der Waals surface area contributed by atoms with Crippen LogP contribution in [-0.4, -0.2) is 27.9 Å². The lowest BCUT2D eigenvalue weighted by Crippen LogP contribution is -2.31. The SMILES string of the molecule is O=C(Nc1cccc([C@H]2O[C@@H](CSc3nc(-c4ccccc4)c(-c4ccccc4)o3)C[C@@H](c3ccc(CO)cc3)O2)c1)c1ccccc1. The number of carbonyl (C=O) groups is 1. The zero-order valence-electron chi connectivity index (χ0n) is 26.1. The van der Waals surface area contributed by atoms with Gasteiger partial charge < -0.3 is 24.3 Å². The van der Waals surface area contributed by atoms with Crippen LogP contribution in [0.5, 0.6) is 0 Å². The van der Waals surface area contributed by atoms with E-state index in [4.69, 9.17) is 18.9 Å². The Morgan fingerprint density at radius 3 is 2.17 bits per heavy atom. The zero-order chi connectivity index (χ0) is 32.7. The normalized spacial score (nSPS) is 17.6. The van der Waals surface area contributed by atoms with Crippen molar-refractivity contribution in [3.63, 3.8) is 0 Å². The number of oxazole rings is 1. The van der Waals surface area contributed by atoms with Gasteiger partial charge in [-0.25, -0.2) is 4.98 Å². The number of amides is 1. The first-order valence-electron chi connectivity index (χ1n) is 15.8. The van der Waals surface area contributed by atoms with Crippen LogP contribution < -0.4 is 5.32 Å². The minimum absolute atomic E-state index is 0.0234. The fourth-order valence-corrected chi connectivity index (χ4v) is 6.52. The lowest BCUT2D eigenvalue weighted by Gasteiger charge is -2.36. The van der Waals surface area contributed by atoms with Gasteiger partial charge in [0.05, 0.1) is 18.8 Å². The Balaban J connectivity index is 1.13. The van der Waals surface area contributed by atoms with Crippen LogP contribution in [0.3, 0.4) is 0 Å². The van der Waals surface area contributed by atoms with E-state index >= 15 is 0 Å². The number of aliphatic hydroxyl groups excluding tert-OH is 1. The molecule has 0 unspecified atom stereocenters. The Labute approximate surface area is 283 Å². The molecule has 7 rings (SSSR count). The van der Waals surface area contributed by atoms with Gasteiger partial charge in [0.1, 0.15) is 5.69 Å². The van der Waals surface area contributed by atoms with Gasteiger partial charge in [0.2, 0.25) is 0 Å². The second-order valence-corrected chi connectivity index (χ2v) is 12.5. The van der Waals surface area contributed by atoms with Gasteiger partial charge >= 0.3 is 0 Å². The highest BCUT2D eigenvalue weighted by Gasteiger charge is 2.33. The van der Waals surface area contributed by atoms with Crippen molar-refractivity contribution in [3.8, 4) is 22.6 Å². The lowest BCUT2D eigenvalue weighted by atomic mass is 10.0. The van der Waals surface area contributed by atoms with E-state index in [1.54, 1.807) is 12.1 Å². The maximum absolute atomic E-state index is 12.9. The summed E-state index contributed by atoms with van der Waals surface area (Å²) in [6, 6.07) is 44.5. The van der Waals surface area contributed by atoms with Crippen molar-refractivity contribution in [2.45, 2.75) is 36.7 Å². The van der Waals surface area contributed by atoms with Crippen molar-refractivity contribution in [3.05, 3.63) is 162 Å². The summed E-state index contributed by atoms with van der Waals surface area (Å²) in [5.41, 5.74) is 6.60. The smallest absolute Gasteiger partial charge is 0.256 e. The number of carbonyl (C=O) groups excluding carboxylic acids is 1. The quantitative estimate of drug-likeness (QED) is 0.142. The first kappa shape index (κ1) is 31.6. The van der Waals surface area contributed by atoms with E-state index in [0.29, 0.717) is 28.6 Å². The van der Waals surface area contributed by atoms with Crippen molar-refractivity contribution in [1.29, 1.82) is 0 Å². The molecule has 1 amide bonds. The average molecular weight is 655 g/mol. The molecule has 1 fully saturated rings. The van der Waals surface area contributed by atoms with Gasteiger partial charge in [-0.05, 0) is 35.4 Å². The molecule has 0 spiro atoms. The van der Waals surface area contributed by atoms with Crippen LogP contribution in [0.2, 0.25) is 0 Å². The summed E-state index contributed by atoms with van der Waals surface area (Å²) >= 11 is 1.51. The molecule has 1 aliphatic rings. The molecule has 1 saturated heterocycles. The van der Waals surface area contributed by atoms with Crippen molar-refractivity contribution in [2.24, 2.45) is 0 Å². The number of hydrogen-bond donors (Lipinski definition) is 2. The minimum Gasteiger partial charge on any atom is -0.431 e. The molecule has 0 aliphatic carbocycles. The predicted molar refractivity (Wildman–Crippen MR) is 187 cm³/mol. The number of ether oxygens (including phenoxy) is 2. The Hall–Kier alpha value is -4.99. The number of nitrogens with one attached hydrogen (secondary N) is 1. The number of aromatic nitrogens is 1. The summed E-state index contributed by atoms with van der Waals surface area (Å²) < 4.78 is 19.5. The molecule has 1 aromatic heterocycles. The molecule has 7 nitrogen and oxygen atoms in total. The third-order valence-corrected chi connectivity index (χ3v) is 9.11. The summed E-state index contributed by atoms with van der Waals surface area (Å²) in [7, 11) is 0. The zero-order valence-corrected chi connectivity index (χ0v) is 26.9. The van der Waals surface area contributed by atoms with Crippen LogP contribution in [0.15, 0.2) is 149 Å². The molecule has 5 aromatic carbocycles. The van der Waals surface area contributed by atoms with E-state index in [9.17, 15) is 9.90 Å². The fraction of sp³-hybridized carbons (Fsp3) is 0.150. The fourth-order valence-electron chi connectivity index (χ4n) is 5.68. The molecule has 48 heavy (non-hydrogen) atoms. The first-order valence-corrected chi connectivity index (χ1v) is 16.8. The number of aliphatic hydroxyl groups is 1. The van der Waals surface area contributed by atoms with Gasteiger partial charge in [0.25, 0.3) is 11.1 Å². The van der Waals surface area contributed by atoms with E-state index in [1.165, 1.54) is 11.8 Å². The van der Waals surface area contributed by atoms with Crippen molar-refractivity contribution in [2.75, 3.05) is 11.1 Å². The summed E-state index contributed by atoms with van der Waals surface area (Å²) in [6.45, 7) is -0.0234. The maximum atomic E-state index is 12.9. The van der Waals surface area contributed by atoms with Gasteiger partial charge in [-0.15, -0.1) is 0 Å². The molecule has 240 valence electrons. The van der Waals surface area contributed by atoms with E-state index in [0.717, 1.165) is 39.3 Å². The average Bonchev–Trinajstić information content (AvgIpc) is 3.59. The van der Waals surface area contributed by atoms with Gasteiger partial charge in [0.15, 0.2) is 12.1 Å². The van der Waals surface area contributed by atoms with Gasteiger partial charge in [-0.3, -0.25) is 4.79 Å². The van der Waals surface area contributed by atoms with Crippen LogP contribution in [0.4, 0.5) is 5.69 Å². The second kappa shape index (κ2) is 14.8. The number of nitrogens with zero attached hydrogens (tertiary/aromatic N) is 1. The monoisotopic (exact) mass is 654 g/mol. The number of hydrogen-bond acceptors (Lipinski definition) is 7. The van der Waals surface area contributed by atoms with Crippen LogP contribution in [0.1, 0.15) is 45.9 Å². The molecule has 8 heteroatoms. The maximum Gasteiger partial charge on any atom is 0.256 e. The van der Waals surface area contributed by atoms with Crippen LogP contribution >= 0.6 is 11.8 Å². The first-order chi connectivity index (χ1) is 23.6. The second-order valence-electron chi connectivity index (χ2n) is 11.5. The van der Waals surface area contributed by atoms with Crippen LogP contribution in [0, 0.1) is 0 Å². The summed E-state index contributed by atoms with van der Waals surface area (Å²) in [6.07, 6.45) is -0.519. The van der Waals surface area contributed by atoms with Crippen molar-refractivity contribution < 1.29 is 23.8 Å². The highest BCUT2D eigenvalue weighted by Crippen LogP contribution is 2.41. The van der Waals surface area contributed by atoms with Gasteiger partial charge in [-0.2, -0.15) is 0 Å². The molecule has 2 heterocycles. The van der Waals surface area contributed by atoms with E-state index in [2.05, 4.69) is 5.32 Å². The summed E-state index contributed by atoms with van der Waals surface area (Å²) in [4.78, 5) is 17.8. The molecule has 1 aliphatic heterocycles. The Morgan fingerprint density at radius 1 is 0.771 bits per heavy atom. The number of rotatable bonds is 10. The third kappa shape index (κ3) is 7.43. The lowest BCUT2D eigenvalue weighted by molar-refractivity contribution is -0.245. The minimum atomic E-state index is -0.676. The third-order valence-electron chi connectivity index (χ3n) is 8.15. The Bertz CT molecular complexity index is 1890. The number of anilines is 1. The molecule has 0 radical (unpaired) electrons. The number of thioether (sulfide) groups is 1. The largest absolute Gasteiger partial charge is 0.431 e. The molecular formula is C40H34N2O5S. The standard InChI is InChI=1S/C40H34N2O5S/c43-25-27-19-21-28(22-20-27)35-24-34(45-39(46-35)32-17-10-18-33(23-32)41-38(44)31-15-8-3-9-16-31)26-48-40-42-36(29-11-4-1-5-12-29)37(47-40)30-13-6-2-7-14-30/h1-23,34-35,39,43H,24-26H2,(H,41,44)/t34-,35+,39+/m1/s1. The van der Waals surface area contributed by atoms with Crippen molar-refractivity contribution >= 4 is 23.4 Å². The Morgan fingerprint density at radius 2 is 1.46 bits per heavy atom. The summed E-state index contributed by atoms with van der Waals surface area (Å²) in [5, 5.41) is 13.1. The number of benzene rings is 5. The molecule has 2 N–H and O–H groups in total. The molecule has 6 aromatic rings. The van der Waals surface area contributed by atoms with Crippen LogP contribution in [0.25, 0.3) is 22.6 Å². The molecule has 0 saturated carbocycles. The van der Waals surface area contributed by atoms with E-state index in [-0.39, 0.29) is 24.7 Å².